The Hall–Kier alpha value is -3.33. The zero-order valence-electron chi connectivity index (χ0n) is 13.5. The van der Waals surface area contributed by atoms with Crippen LogP contribution in [-0.2, 0) is 17.9 Å². The van der Waals surface area contributed by atoms with Crippen molar-refractivity contribution in [1.29, 1.82) is 0 Å². The molecule has 0 saturated heterocycles. The minimum absolute atomic E-state index is 0.110. The first-order valence-electron chi connectivity index (χ1n) is 7.77. The highest BCUT2D eigenvalue weighted by molar-refractivity contribution is 7.17. The van der Waals surface area contributed by atoms with E-state index in [1.807, 2.05) is 18.2 Å². The Morgan fingerprint density at radius 3 is 3.00 bits per heavy atom. The normalized spacial score (nSPS) is 10.9. The van der Waals surface area contributed by atoms with Crippen molar-refractivity contribution in [3.8, 4) is 11.4 Å². The van der Waals surface area contributed by atoms with Crippen LogP contribution in [-0.4, -0.2) is 25.6 Å². The Kier molecular flexibility index (Phi) is 4.28. The van der Waals surface area contributed by atoms with E-state index in [-0.39, 0.29) is 24.6 Å². The van der Waals surface area contributed by atoms with Crippen molar-refractivity contribution >= 4 is 27.5 Å². The number of pyridine rings is 1. The number of thiophene rings is 1. The lowest BCUT2D eigenvalue weighted by Crippen LogP contribution is -2.31. The van der Waals surface area contributed by atoms with Gasteiger partial charge in [0.15, 0.2) is 5.76 Å². The van der Waals surface area contributed by atoms with E-state index in [0.29, 0.717) is 27.4 Å². The third kappa shape index (κ3) is 3.24. The Morgan fingerprint density at radius 1 is 1.23 bits per heavy atom. The second-order valence-corrected chi connectivity index (χ2v) is 6.40. The maximum Gasteiger partial charge on any atom is 0.271 e. The fourth-order valence-corrected chi connectivity index (χ4v) is 3.21. The Morgan fingerprint density at radius 2 is 2.15 bits per heavy atom. The van der Waals surface area contributed by atoms with Gasteiger partial charge < -0.3 is 9.84 Å². The maximum atomic E-state index is 12.3. The highest BCUT2D eigenvalue weighted by Gasteiger charge is 2.11. The van der Waals surface area contributed by atoms with E-state index in [4.69, 9.17) is 4.52 Å². The molecule has 0 aliphatic rings. The molecule has 26 heavy (non-hydrogen) atoms. The predicted molar refractivity (Wildman–Crippen MR) is 95.5 cm³/mol. The third-order valence-corrected chi connectivity index (χ3v) is 4.59. The number of fused-ring (bicyclic) bond motifs is 1. The molecular formula is C17H13N5O3S. The first-order chi connectivity index (χ1) is 12.7. The van der Waals surface area contributed by atoms with Gasteiger partial charge in [-0.25, -0.2) is 4.98 Å². The summed E-state index contributed by atoms with van der Waals surface area (Å²) in [6.45, 7) is 0.0585. The van der Waals surface area contributed by atoms with Crippen LogP contribution in [0, 0.1) is 0 Å². The first kappa shape index (κ1) is 16.2. The molecule has 0 bridgehead atoms. The number of rotatable bonds is 5. The number of carbonyl (C=O) groups is 1. The van der Waals surface area contributed by atoms with Gasteiger partial charge in [0.05, 0.1) is 24.1 Å². The summed E-state index contributed by atoms with van der Waals surface area (Å²) in [4.78, 5) is 32.8. The highest BCUT2D eigenvalue weighted by atomic mass is 32.1. The molecular weight excluding hydrogens is 354 g/mol. The van der Waals surface area contributed by atoms with Gasteiger partial charge >= 0.3 is 0 Å². The molecule has 4 rings (SSSR count). The lowest BCUT2D eigenvalue weighted by atomic mass is 10.2. The van der Waals surface area contributed by atoms with Gasteiger partial charge in [-0.3, -0.25) is 19.1 Å². The Balaban J connectivity index is 1.40. The number of nitrogens with one attached hydrogen (secondary N) is 1. The van der Waals surface area contributed by atoms with E-state index in [0.717, 1.165) is 0 Å². The molecule has 0 radical (unpaired) electrons. The van der Waals surface area contributed by atoms with Crippen LogP contribution >= 0.6 is 11.3 Å². The predicted octanol–water partition coefficient (Wildman–Crippen LogP) is 1.82. The Bertz CT molecular complexity index is 1120. The second kappa shape index (κ2) is 6.89. The quantitative estimate of drug-likeness (QED) is 0.577. The summed E-state index contributed by atoms with van der Waals surface area (Å²) in [5.41, 5.74) is 1.70. The molecule has 4 heterocycles. The van der Waals surface area contributed by atoms with Crippen LogP contribution in [0.25, 0.3) is 21.6 Å². The van der Waals surface area contributed by atoms with E-state index >= 15 is 0 Å². The van der Waals surface area contributed by atoms with E-state index in [2.05, 4.69) is 20.4 Å². The number of hydrogen-bond donors (Lipinski definition) is 1. The zero-order valence-corrected chi connectivity index (χ0v) is 14.3. The molecule has 0 unspecified atom stereocenters. The first-order valence-corrected chi connectivity index (χ1v) is 8.65. The average molecular weight is 367 g/mol. The number of carbonyl (C=O) groups excluding carboxylic acids is 1. The van der Waals surface area contributed by atoms with Crippen molar-refractivity contribution in [2.75, 3.05) is 0 Å². The molecule has 8 nitrogen and oxygen atoms in total. The summed E-state index contributed by atoms with van der Waals surface area (Å²) in [7, 11) is 0. The molecule has 0 saturated carbocycles. The van der Waals surface area contributed by atoms with Crippen molar-refractivity contribution in [3.63, 3.8) is 0 Å². The van der Waals surface area contributed by atoms with Crippen molar-refractivity contribution in [3.05, 3.63) is 64.4 Å². The van der Waals surface area contributed by atoms with Gasteiger partial charge in [0.2, 0.25) is 5.91 Å². The van der Waals surface area contributed by atoms with Crippen LogP contribution in [0.1, 0.15) is 5.76 Å². The number of hydrogen-bond acceptors (Lipinski definition) is 7. The summed E-state index contributed by atoms with van der Waals surface area (Å²) >= 11 is 1.31. The van der Waals surface area contributed by atoms with Crippen LogP contribution in [0.5, 0.6) is 0 Å². The standard InChI is InChI=1S/C17H13N5O3S/c23-15(9-22-10-20-13-4-6-26-16(13)17(22)24)19-8-11-7-14(21-25-11)12-3-1-2-5-18-12/h1-7,10H,8-9H2,(H,19,23). The molecule has 0 aliphatic heterocycles. The largest absolute Gasteiger partial charge is 0.359 e. The third-order valence-electron chi connectivity index (χ3n) is 3.70. The molecule has 1 N–H and O–H groups in total. The molecule has 9 heteroatoms. The minimum atomic E-state index is -0.319. The summed E-state index contributed by atoms with van der Waals surface area (Å²) in [6.07, 6.45) is 3.05. The smallest absolute Gasteiger partial charge is 0.271 e. The van der Waals surface area contributed by atoms with Crippen LogP contribution in [0.3, 0.4) is 0 Å². The second-order valence-electron chi connectivity index (χ2n) is 5.48. The molecule has 0 aliphatic carbocycles. The minimum Gasteiger partial charge on any atom is -0.359 e. The Labute approximate surface area is 151 Å². The maximum absolute atomic E-state index is 12.3. The van der Waals surface area contributed by atoms with Crippen molar-refractivity contribution in [2.45, 2.75) is 13.1 Å². The van der Waals surface area contributed by atoms with E-state index in [1.54, 1.807) is 23.7 Å². The summed E-state index contributed by atoms with van der Waals surface area (Å²) in [5.74, 6) is 0.179. The zero-order chi connectivity index (χ0) is 17.9. The highest BCUT2D eigenvalue weighted by Crippen LogP contribution is 2.16. The van der Waals surface area contributed by atoms with Crippen molar-refractivity contribution in [2.24, 2.45) is 0 Å². The van der Waals surface area contributed by atoms with Gasteiger partial charge in [0, 0.05) is 12.3 Å². The van der Waals surface area contributed by atoms with Gasteiger partial charge in [-0.1, -0.05) is 11.2 Å². The van der Waals surface area contributed by atoms with Gasteiger partial charge in [0.1, 0.15) is 16.9 Å². The van der Waals surface area contributed by atoms with Crippen LogP contribution < -0.4 is 10.9 Å². The molecule has 130 valence electrons. The summed E-state index contributed by atoms with van der Waals surface area (Å²) < 4.78 is 7.03. The molecule has 0 aromatic carbocycles. The fourth-order valence-electron chi connectivity index (χ4n) is 2.42. The molecule has 0 atom stereocenters. The van der Waals surface area contributed by atoms with Gasteiger partial charge in [-0.05, 0) is 23.6 Å². The molecule has 0 fully saturated rings. The van der Waals surface area contributed by atoms with Crippen LogP contribution in [0.4, 0.5) is 0 Å². The van der Waals surface area contributed by atoms with Gasteiger partial charge in [-0.2, -0.15) is 0 Å². The van der Waals surface area contributed by atoms with Crippen molar-refractivity contribution < 1.29 is 9.32 Å². The van der Waals surface area contributed by atoms with Gasteiger partial charge in [-0.15, -0.1) is 11.3 Å². The number of amides is 1. The lowest BCUT2D eigenvalue weighted by Gasteiger charge is -2.05. The molecule has 0 spiro atoms. The molecule has 4 aromatic heterocycles. The SMILES string of the molecule is O=C(Cn1cnc2ccsc2c1=O)NCc1cc(-c2ccccn2)no1. The monoisotopic (exact) mass is 367 g/mol. The average Bonchev–Trinajstić information content (AvgIpc) is 3.33. The summed E-state index contributed by atoms with van der Waals surface area (Å²) in [5, 5.41) is 8.44. The molecule has 1 amide bonds. The lowest BCUT2D eigenvalue weighted by molar-refractivity contribution is -0.122. The fraction of sp³-hybridized carbons (Fsp3) is 0.118. The number of nitrogens with zero attached hydrogens (tertiary/aromatic N) is 4. The topological polar surface area (TPSA) is 103 Å². The van der Waals surface area contributed by atoms with E-state index < -0.39 is 0 Å². The number of aromatic nitrogens is 4. The van der Waals surface area contributed by atoms with E-state index in [1.165, 1.54) is 22.2 Å². The van der Waals surface area contributed by atoms with Gasteiger partial charge in [0.25, 0.3) is 5.56 Å². The van der Waals surface area contributed by atoms with E-state index in [9.17, 15) is 9.59 Å². The van der Waals surface area contributed by atoms with Crippen molar-refractivity contribution in [1.82, 2.24) is 25.0 Å². The molecule has 4 aromatic rings. The summed E-state index contributed by atoms with van der Waals surface area (Å²) in [6, 6.07) is 8.98. The van der Waals surface area contributed by atoms with Crippen LogP contribution in [0.15, 0.2) is 57.6 Å². The van der Waals surface area contributed by atoms with Crippen LogP contribution in [0.2, 0.25) is 0 Å².